The molecule has 160 valence electrons. The zero-order valence-electron chi connectivity index (χ0n) is 17.8. The molecule has 3 aromatic carbocycles. The van der Waals surface area contributed by atoms with Gasteiger partial charge in [-0.05, 0) is 48.7 Å². The van der Waals surface area contributed by atoms with Crippen molar-refractivity contribution in [2.24, 2.45) is 0 Å². The van der Waals surface area contributed by atoms with Gasteiger partial charge < -0.3 is 9.84 Å². The maximum atomic E-state index is 10.6. The Labute approximate surface area is 184 Å². The van der Waals surface area contributed by atoms with Crippen LogP contribution in [0.4, 0.5) is 0 Å². The third kappa shape index (κ3) is 5.83. The highest BCUT2D eigenvalue weighted by atomic mass is 16.5. The number of fused-ring (bicyclic) bond motifs is 1. The van der Waals surface area contributed by atoms with Crippen LogP contribution in [0.1, 0.15) is 17.5 Å². The standard InChI is InChI=1S/C26H29N3O2/c27-17-21-9-11-22(12-10-21)18-28-13-4-14-29(16-15-28)19-24(30)20-31-26-8-3-6-23-5-1-2-7-25(23)26/h1-3,5-12,24,30H,4,13-16,18-20H2. The van der Waals surface area contributed by atoms with Crippen LogP contribution in [0.3, 0.4) is 0 Å². The summed E-state index contributed by atoms with van der Waals surface area (Å²) in [5.74, 6) is 0.821. The van der Waals surface area contributed by atoms with Crippen molar-refractivity contribution in [3.05, 3.63) is 77.9 Å². The number of β-amino-alcohol motifs (C(OH)–C–C–N with tert-alkyl or cyclic N) is 1. The SMILES string of the molecule is N#Cc1ccc(CN2CCCN(CC(O)COc3cccc4ccccc34)CC2)cc1. The molecular weight excluding hydrogens is 386 g/mol. The van der Waals surface area contributed by atoms with Gasteiger partial charge in [0.05, 0.1) is 11.6 Å². The summed E-state index contributed by atoms with van der Waals surface area (Å²) in [7, 11) is 0. The molecular formula is C26H29N3O2. The van der Waals surface area contributed by atoms with Gasteiger partial charge >= 0.3 is 0 Å². The molecule has 0 spiro atoms. The van der Waals surface area contributed by atoms with Gasteiger partial charge in [-0.3, -0.25) is 9.80 Å². The van der Waals surface area contributed by atoms with Crippen molar-refractivity contribution in [3.8, 4) is 11.8 Å². The van der Waals surface area contributed by atoms with Crippen LogP contribution in [0.5, 0.6) is 5.75 Å². The van der Waals surface area contributed by atoms with Crippen molar-refractivity contribution in [2.45, 2.75) is 19.1 Å². The second-order valence-electron chi connectivity index (χ2n) is 8.18. The Morgan fingerprint density at radius 1 is 0.903 bits per heavy atom. The number of hydrogen-bond donors (Lipinski definition) is 1. The van der Waals surface area contributed by atoms with E-state index in [1.165, 1.54) is 5.56 Å². The minimum absolute atomic E-state index is 0.291. The van der Waals surface area contributed by atoms with E-state index in [0.717, 1.165) is 55.7 Å². The van der Waals surface area contributed by atoms with Gasteiger partial charge in [-0.15, -0.1) is 0 Å². The molecule has 1 saturated heterocycles. The molecule has 1 aliphatic heterocycles. The number of ether oxygens (including phenoxy) is 1. The molecule has 3 aromatic rings. The Hall–Kier alpha value is -2.91. The van der Waals surface area contributed by atoms with Gasteiger partial charge in [0.25, 0.3) is 0 Å². The van der Waals surface area contributed by atoms with Crippen molar-refractivity contribution < 1.29 is 9.84 Å². The summed E-state index contributed by atoms with van der Waals surface area (Å²) in [4.78, 5) is 4.77. The first-order valence-corrected chi connectivity index (χ1v) is 10.9. The molecule has 5 nitrogen and oxygen atoms in total. The summed E-state index contributed by atoms with van der Waals surface area (Å²) in [6.07, 6.45) is 0.553. The quantitative estimate of drug-likeness (QED) is 0.638. The van der Waals surface area contributed by atoms with Crippen LogP contribution in [-0.4, -0.2) is 60.3 Å². The monoisotopic (exact) mass is 415 g/mol. The Morgan fingerprint density at radius 3 is 2.48 bits per heavy atom. The summed E-state index contributed by atoms with van der Waals surface area (Å²) in [6, 6.07) is 24.2. The molecule has 1 atom stereocenters. The zero-order valence-corrected chi connectivity index (χ0v) is 17.8. The van der Waals surface area contributed by atoms with E-state index in [2.05, 4.69) is 28.0 Å². The summed E-state index contributed by atoms with van der Waals surface area (Å²) in [5, 5.41) is 21.7. The molecule has 1 N–H and O–H groups in total. The molecule has 1 aliphatic rings. The minimum atomic E-state index is -0.524. The highest BCUT2D eigenvalue weighted by molar-refractivity contribution is 5.88. The lowest BCUT2D eigenvalue weighted by molar-refractivity contribution is 0.0698. The largest absolute Gasteiger partial charge is 0.490 e. The van der Waals surface area contributed by atoms with Crippen LogP contribution in [0.25, 0.3) is 10.8 Å². The van der Waals surface area contributed by atoms with Gasteiger partial charge in [0.1, 0.15) is 18.5 Å². The number of aliphatic hydroxyl groups is 1. The molecule has 5 heteroatoms. The number of rotatable bonds is 7. The van der Waals surface area contributed by atoms with E-state index in [0.29, 0.717) is 18.7 Å². The predicted octanol–water partition coefficient (Wildman–Crippen LogP) is 3.66. The van der Waals surface area contributed by atoms with E-state index in [1.807, 2.05) is 54.6 Å². The molecule has 0 amide bonds. The van der Waals surface area contributed by atoms with E-state index < -0.39 is 6.10 Å². The fourth-order valence-electron chi connectivity index (χ4n) is 4.17. The van der Waals surface area contributed by atoms with Gasteiger partial charge in [0, 0.05) is 31.6 Å². The third-order valence-corrected chi connectivity index (χ3v) is 5.82. The van der Waals surface area contributed by atoms with Crippen molar-refractivity contribution in [1.82, 2.24) is 9.80 Å². The Bertz CT molecular complexity index is 1020. The summed E-state index contributed by atoms with van der Waals surface area (Å²) in [6.45, 7) is 5.73. The van der Waals surface area contributed by atoms with Crippen molar-refractivity contribution >= 4 is 10.8 Å². The molecule has 1 fully saturated rings. The molecule has 0 saturated carbocycles. The van der Waals surface area contributed by atoms with Crippen LogP contribution in [0.2, 0.25) is 0 Å². The van der Waals surface area contributed by atoms with Crippen LogP contribution in [0, 0.1) is 11.3 Å². The molecule has 31 heavy (non-hydrogen) atoms. The summed E-state index contributed by atoms with van der Waals surface area (Å²) < 4.78 is 5.96. The molecule has 1 unspecified atom stereocenters. The van der Waals surface area contributed by atoms with Crippen LogP contribution < -0.4 is 4.74 Å². The van der Waals surface area contributed by atoms with E-state index in [1.54, 1.807) is 0 Å². The van der Waals surface area contributed by atoms with Gasteiger partial charge in [0.15, 0.2) is 0 Å². The lowest BCUT2D eigenvalue weighted by atomic mass is 10.1. The van der Waals surface area contributed by atoms with Crippen molar-refractivity contribution in [2.75, 3.05) is 39.3 Å². The number of aliphatic hydroxyl groups excluding tert-OH is 1. The second kappa shape index (κ2) is 10.4. The fraction of sp³-hybridized carbons (Fsp3) is 0.346. The van der Waals surface area contributed by atoms with Gasteiger partial charge in [-0.25, -0.2) is 0 Å². The van der Waals surface area contributed by atoms with E-state index in [-0.39, 0.29) is 0 Å². The lowest BCUT2D eigenvalue weighted by Gasteiger charge is -2.24. The molecule has 4 rings (SSSR count). The zero-order chi connectivity index (χ0) is 21.5. The molecule has 0 aliphatic carbocycles. The van der Waals surface area contributed by atoms with Gasteiger partial charge in [0.2, 0.25) is 0 Å². The highest BCUT2D eigenvalue weighted by Crippen LogP contribution is 2.25. The van der Waals surface area contributed by atoms with Crippen LogP contribution >= 0.6 is 0 Å². The van der Waals surface area contributed by atoms with Gasteiger partial charge in [-0.1, -0.05) is 48.5 Å². The van der Waals surface area contributed by atoms with Crippen molar-refractivity contribution in [3.63, 3.8) is 0 Å². The number of nitriles is 1. The molecule has 0 radical (unpaired) electrons. The first-order chi connectivity index (χ1) is 15.2. The first-order valence-electron chi connectivity index (χ1n) is 10.9. The third-order valence-electron chi connectivity index (χ3n) is 5.82. The van der Waals surface area contributed by atoms with Crippen LogP contribution in [-0.2, 0) is 6.54 Å². The normalized spacial score (nSPS) is 16.5. The van der Waals surface area contributed by atoms with E-state index >= 15 is 0 Å². The number of benzene rings is 3. The summed E-state index contributed by atoms with van der Waals surface area (Å²) in [5.41, 5.74) is 1.93. The maximum absolute atomic E-state index is 10.6. The van der Waals surface area contributed by atoms with Crippen molar-refractivity contribution in [1.29, 1.82) is 5.26 Å². The Balaban J connectivity index is 1.25. The second-order valence-corrected chi connectivity index (χ2v) is 8.18. The van der Waals surface area contributed by atoms with Crippen LogP contribution in [0.15, 0.2) is 66.7 Å². The average molecular weight is 416 g/mol. The van der Waals surface area contributed by atoms with Gasteiger partial charge in [-0.2, -0.15) is 5.26 Å². The molecule has 1 heterocycles. The first kappa shape index (κ1) is 21.3. The topological polar surface area (TPSA) is 59.7 Å². The lowest BCUT2D eigenvalue weighted by Crippen LogP contribution is -2.38. The Kier molecular flexibility index (Phi) is 7.16. The number of nitrogens with zero attached hydrogens (tertiary/aromatic N) is 3. The average Bonchev–Trinajstić information content (AvgIpc) is 3.03. The summed E-state index contributed by atoms with van der Waals surface area (Å²) >= 11 is 0. The Morgan fingerprint density at radius 2 is 1.65 bits per heavy atom. The van der Waals surface area contributed by atoms with E-state index in [4.69, 9.17) is 10.00 Å². The molecule has 0 bridgehead atoms. The minimum Gasteiger partial charge on any atom is -0.490 e. The smallest absolute Gasteiger partial charge is 0.127 e. The number of hydrogen-bond acceptors (Lipinski definition) is 5. The highest BCUT2D eigenvalue weighted by Gasteiger charge is 2.18. The maximum Gasteiger partial charge on any atom is 0.127 e. The molecule has 0 aromatic heterocycles. The predicted molar refractivity (Wildman–Crippen MR) is 123 cm³/mol. The van der Waals surface area contributed by atoms with E-state index in [9.17, 15) is 5.11 Å². The fourth-order valence-corrected chi connectivity index (χ4v) is 4.17.